The first-order valence-corrected chi connectivity index (χ1v) is 11.9. The van der Waals surface area contributed by atoms with Crippen LogP contribution in [0.4, 0.5) is 8.78 Å². The van der Waals surface area contributed by atoms with Crippen LogP contribution in [0, 0.1) is 29.6 Å². The van der Waals surface area contributed by atoms with E-state index in [0.29, 0.717) is 12.3 Å². The Labute approximate surface area is 166 Å². The molecule has 0 bridgehead atoms. The highest BCUT2D eigenvalue weighted by molar-refractivity contribution is 4.93. The Hall–Kier alpha value is -0.180. The second kappa shape index (κ2) is 10.6. The number of halogens is 2. The lowest BCUT2D eigenvalue weighted by atomic mass is 9.68. The van der Waals surface area contributed by atoms with Crippen molar-refractivity contribution in [2.45, 2.75) is 115 Å². The minimum Gasteiger partial charge on any atom is -0.378 e. The number of rotatable bonds is 7. The summed E-state index contributed by atoms with van der Waals surface area (Å²) in [5, 5.41) is 0. The second-order valence-corrected chi connectivity index (χ2v) is 9.94. The summed E-state index contributed by atoms with van der Waals surface area (Å²) in [6.45, 7) is 2.31. The topological polar surface area (TPSA) is 9.23 Å². The SMILES string of the molecule is CCCC1CCC(CCC2CCC(C3CCC(OC)C(F)C3F)CC2)CC1. The zero-order valence-corrected chi connectivity index (χ0v) is 17.7. The van der Waals surface area contributed by atoms with Gasteiger partial charge in [-0.1, -0.05) is 71.1 Å². The third kappa shape index (κ3) is 5.67. The Balaban J connectivity index is 1.35. The van der Waals surface area contributed by atoms with Crippen LogP contribution >= 0.6 is 0 Å². The lowest BCUT2D eigenvalue weighted by Crippen LogP contribution is -2.45. The van der Waals surface area contributed by atoms with Gasteiger partial charge in [-0.25, -0.2) is 8.78 Å². The molecule has 158 valence electrons. The van der Waals surface area contributed by atoms with Crippen molar-refractivity contribution in [2.75, 3.05) is 7.11 Å². The molecule has 4 atom stereocenters. The van der Waals surface area contributed by atoms with Crippen LogP contribution in [0.25, 0.3) is 0 Å². The summed E-state index contributed by atoms with van der Waals surface area (Å²) in [7, 11) is 1.51. The van der Waals surface area contributed by atoms with Crippen LogP contribution in [-0.2, 0) is 4.74 Å². The minimum atomic E-state index is -1.42. The van der Waals surface area contributed by atoms with Gasteiger partial charge in [-0.2, -0.15) is 0 Å². The van der Waals surface area contributed by atoms with Crippen LogP contribution < -0.4 is 0 Å². The van der Waals surface area contributed by atoms with Crippen molar-refractivity contribution in [3.63, 3.8) is 0 Å². The maximum atomic E-state index is 14.6. The molecule has 0 aliphatic heterocycles. The summed E-state index contributed by atoms with van der Waals surface area (Å²) >= 11 is 0. The largest absolute Gasteiger partial charge is 0.378 e. The summed E-state index contributed by atoms with van der Waals surface area (Å²) < 4.78 is 33.9. The van der Waals surface area contributed by atoms with Gasteiger partial charge in [-0.05, 0) is 55.3 Å². The molecule has 1 nitrogen and oxygen atoms in total. The molecule has 0 aromatic carbocycles. The van der Waals surface area contributed by atoms with Crippen molar-refractivity contribution in [1.29, 1.82) is 0 Å². The van der Waals surface area contributed by atoms with Crippen LogP contribution in [-0.4, -0.2) is 25.6 Å². The molecule has 3 fully saturated rings. The number of hydrogen-bond acceptors (Lipinski definition) is 1. The van der Waals surface area contributed by atoms with Gasteiger partial charge in [-0.15, -0.1) is 0 Å². The first-order valence-electron chi connectivity index (χ1n) is 11.9. The number of ether oxygens (including phenoxy) is 1. The van der Waals surface area contributed by atoms with Gasteiger partial charge in [0.2, 0.25) is 0 Å². The first-order chi connectivity index (χ1) is 13.1. The molecule has 3 aliphatic carbocycles. The predicted molar refractivity (Wildman–Crippen MR) is 108 cm³/mol. The van der Waals surface area contributed by atoms with E-state index in [2.05, 4.69) is 6.92 Å². The van der Waals surface area contributed by atoms with Gasteiger partial charge in [0.15, 0.2) is 6.17 Å². The molecule has 0 amide bonds. The molecule has 0 spiro atoms. The molecule has 0 radical (unpaired) electrons. The molecule has 0 N–H and O–H groups in total. The van der Waals surface area contributed by atoms with E-state index in [-0.39, 0.29) is 5.92 Å². The quantitative estimate of drug-likeness (QED) is 0.448. The van der Waals surface area contributed by atoms with Gasteiger partial charge in [-0.3, -0.25) is 0 Å². The van der Waals surface area contributed by atoms with E-state index < -0.39 is 18.4 Å². The van der Waals surface area contributed by atoms with E-state index >= 15 is 0 Å². The average Bonchev–Trinajstić information content (AvgIpc) is 2.70. The highest BCUT2D eigenvalue weighted by Crippen LogP contribution is 2.44. The minimum absolute atomic E-state index is 0.0683. The van der Waals surface area contributed by atoms with E-state index in [0.717, 1.165) is 37.0 Å². The summed E-state index contributed by atoms with van der Waals surface area (Å²) in [6, 6.07) is 0. The number of methoxy groups -OCH3 is 1. The molecular weight excluding hydrogens is 342 g/mol. The van der Waals surface area contributed by atoms with Crippen LogP contribution in [0.2, 0.25) is 0 Å². The summed E-state index contributed by atoms with van der Waals surface area (Å²) in [4.78, 5) is 0. The molecule has 0 heterocycles. The van der Waals surface area contributed by atoms with Crippen LogP contribution in [0.1, 0.15) is 96.8 Å². The molecule has 0 aromatic heterocycles. The Morgan fingerprint density at radius 3 is 1.70 bits per heavy atom. The molecule has 0 aromatic rings. The van der Waals surface area contributed by atoms with Crippen molar-refractivity contribution in [3.8, 4) is 0 Å². The summed E-state index contributed by atoms with van der Waals surface area (Å²) in [6.07, 6.45) is 14.3. The highest BCUT2D eigenvalue weighted by atomic mass is 19.2. The maximum absolute atomic E-state index is 14.6. The highest BCUT2D eigenvalue weighted by Gasteiger charge is 2.44. The van der Waals surface area contributed by atoms with Crippen molar-refractivity contribution < 1.29 is 13.5 Å². The zero-order valence-electron chi connectivity index (χ0n) is 17.7. The van der Waals surface area contributed by atoms with Gasteiger partial charge in [0.1, 0.15) is 6.17 Å². The molecule has 27 heavy (non-hydrogen) atoms. The van der Waals surface area contributed by atoms with Gasteiger partial charge in [0.05, 0.1) is 6.10 Å². The molecule has 3 aliphatic rings. The fourth-order valence-electron chi connectivity index (χ4n) is 6.45. The third-order valence-electron chi connectivity index (χ3n) is 8.30. The third-order valence-corrected chi connectivity index (χ3v) is 8.30. The van der Waals surface area contributed by atoms with Crippen LogP contribution in [0.15, 0.2) is 0 Å². The van der Waals surface area contributed by atoms with Gasteiger partial charge in [0.25, 0.3) is 0 Å². The number of hydrogen-bond donors (Lipinski definition) is 0. The average molecular weight is 385 g/mol. The van der Waals surface area contributed by atoms with Gasteiger partial charge in [0, 0.05) is 7.11 Å². The molecule has 0 saturated heterocycles. The summed E-state index contributed by atoms with van der Waals surface area (Å²) in [5.74, 6) is 3.13. The standard InChI is InChI=1S/C24H42F2O/c1-3-4-17-5-7-18(8-6-17)9-10-19-11-13-20(14-12-19)21-15-16-22(27-2)24(26)23(21)25/h17-24H,3-16H2,1-2H3. The zero-order chi connectivity index (χ0) is 19.2. The first kappa shape index (κ1) is 21.5. The lowest BCUT2D eigenvalue weighted by molar-refractivity contribution is -0.0721. The van der Waals surface area contributed by atoms with Crippen molar-refractivity contribution in [3.05, 3.63) is 0 Å². The second-order valence-electron chi connectivity index (χ2n) is 9.94. The van der Waals surface area contributed by atoms with Crippen molar-refractivity contribution in [2.24, 2.45) is 29.6 Å². The molecule has 3 saturated carbocycles. The predicted octanol–water partition coefficient (Wildman–Crippen LogP) is 7.28. The Kier molecular flexibility index (Phi) is 8.42. The monoisotopic (exact) mass is 384 g/mol. The Morgan fingerprint density at radius 2 is 1.19 bits per heavy atom. The lowest BCUT2D eigenvalue weighted by Gasteiger charge is -2.41. The van der Waals surface area contributed by atoms with Gasteiger partial charge < -0.3 is 4.74 Å². The summed E-state index contributed by atoms with van der Waals surface area (Å²) in [5.41, 5.74) is 0. The normalized spacial score (nSPS) is 43.6. The Morgan fingerprint density at radius 1 is 0.667 bits per heavy atom. The van der Waals surface area contributed by atoms with E-state index in [9.17, 15) is 8.78 Å². The molecular formula is C24H42F2O. The fourth-order valence-corrected chi connectivity index (χ4v) is 6.45. The van der Waals surface area contributed by atoms with E-state index in [1.807, 2.05) is 0 Å². The van der Waals surface area contributed by atoms with Gasteiger partial charge >= 0.3 is 0 Å². The van der Waals surface area contributed by atoms with E-state index in [4.69, 9.17) is 4.74 Å². The Bertz CT molecular complexity index is 413. The van der Waals surface area contributed by atoms with E-state index in [1.165, 1.54) is 71.3 Å². The maximum Gasteiger partial charge on any atom is 0.157 e. The number of alkyl halides is 2. The fraction of sp³-hybridized carbons (Fsp3) is 1.00. The van der Waals surface area contributed by atoms with Crippen molar-refractivity contribution in [1.82, 2.24) is 0 Å². The molecule has 3 rings (SSSR count). The van der Waals surface area contributed by atoms with Crippen molar-refractivity contribution >= 4 is 0 Å². The molecule has 4 unspecified atom stereocenters. The van der Waals surface area contributed by atoms with E-state index in [1.54, 1.807) is 0 Å². The van der Waals surface area contributed by atoms with Crippen LogP contribution in [0.3, 0.4) is 0 Å². The molecule has 3 heteroatoms. The van der Waals surface area contributed by atoms with Crippen LogP contribution in [0.5, 0.6) is 0 Å². The smallest absolute Gasteiger partial charge is 0.157 e.